The lowest BCUT2D eigenvalue weighted by molar-refractivity contribution is -0.131. The molecule has 2 aromatic heterocycles. The Balaban J connectivity index is 1.63. The predicted octanol–water partition coefficient (Wildman–Crippen LogP) is 3.15. The Bertz CT molecular complexity index is 697. The van der Waals surface area contributed by atoms with E-state index < -0.39 is 0 Å². The molecule has 1 saturated carbocycles. The number of carbonyl (C=O) groups is 1. The van der Waals surface area contributed by atoms with Gasteiger partial charge in [-0.15, -0.1) is 10.2 Å². The molecule has 1 amide bonds. The molecule has 1 aliphatic rings. The van der Waals surface area contributed by atoms with E-state index in [1.165, 1.54) is 31.0 Å². The number of pyridine rings is 1. The number of nitrogens with zero attached hydrogens (tertiary/aromatic N) is 5. The minimum atomic E-state index is 0.199. The van der Waals surface area contributed by atoms with E-state index in [-0.39, 0.29) is 5.91 Å². The minimum absolute atomic E-state index is 0.199. The average molecular weight is 359 g/mol. The number of thioether (sulfide) groups is 1. The van der Waals surface area contributed by atoms with Crippen molar-refractivity contribution >= 4 is 17.7 Å². The fourth-order valence-electron chi connectivity index (χ4n) is 3.43. The average Bonchev–Trinajstić information content (AvgIpc) is 3.03. The molecule has 0 atom stereocenters. The molecule has 1 aliphatic carbocycles. The third kappa shape index (κ3) is 4.21. The van der Waals surface area contributed by atoms with Gasteiger partial charge in [-0.3, -0.25) is 9.78 Å². The summed E-state index contributed by atoms with van der Waals surface area (Å²) in [6, 6.07) is 4.25. The van der Waals surface area contributed by atoms with Crippen LogP contribution in [-0.2, 0) is 11.8 Å². The molecule has 1 fully saturated rings. The lowest BCUT2D eigenvalue weighted by Gasteiger charge is -2.33. The second-order valence-electron chi connectivity index (χ2n) is 6.37. The fourth-order valence-corrected chi connectivity index (χ4v) is 4.22. The van der Waals surface area contributed by atoms with Crippen molar-refractivity contribution < 1.29 is 4.79 Å². The molecule has 7 heteroatoms. The zero-order chi connectivity index (χ0) is 17.6. The monoisotopic (exact) mass is 359 g/mol. The molecule has 134 valence electrons. The third-order valence-electron chi connectivity index (χ3n) is 4.76. The third-order valence-corrected chi connectivity index (χ3v) is 5.76. The first-order valence-electron chi connectivity index (χ1n) is 8.92. The van der Waals surface area contributed by atoms with E-state index in [0.717, 1.165) is 35.9 Å². The van der Waals surface area contributed by atoms with Gasteiger partial charge in [0.2, 0.25) is 5.91 Å². The molecule has 0 saturated heterocycles. The van der Waals surface area contributed by atoms with Crippen LogP contribution in [0.25, 0.3) is 11.4 Å². The topological polar surface area (TPSA) is 63.9 Å². The van der Waals surface area contributed by atoms with Gasteiger partial charge in [0, 0.05) is 37.6 Å². The molecule has 0 N–H and O–H groups in total. The Labute approximate surface area is 153 Å². The quantitative estimate of drug-likeness (QED) is 0.742. The molecule has 0 unspecified atom stereocenters. The van der Waals surface area contributed by atoms with Crippen molar-refractivity contribution in [2.75, 3.05) is 12.3 Å². The molecular weight excluding hydrogens is 334 g/mol. The summed E-state index contributed by atoms with van der Waals surface area (Å²) in [6.07, 6.45) is 9.55. The van der Waals surface area contributed by atoms with Gasteiger partial charge < -0.3 is 9.47 Å². The normalized spacial score (nSPS) is 15.3. The van der Waals surface area contributed by atoms with Crippen molar-refractivity contribution in [2.24, 2.45) is 7.05 Å². The Morgan fingerprint density at radius 3 is 2.80 bits per heavy atom. The highest BCUT2D eigenvalue weighted by atomic mass is 32.2. The van der Waals surface area contributed by atoms with Gasteiger partial charge in [0.15, 0.2) is 11.0 Å². The number of hydrogen-bond donors (Lipinski definition) is 0. The Hall–Kier alpha value is -1.89. The summed E-state index contributed by atoms with van der Waals surface area (Å²) in [5, 5.41) is 9.24. The van der Waals surface area contributed by atoms with Gasteiger partial charge in [0.1, 0.15) is 0 Å². The number of carbonyl (C=O) groups excluding carboxylic acids is 1. The Morgan fingerprint density at radius 2 is 2.12 bits per heavy atom. The standard InChI is InChI=1S/C18H25N5OS/c1-3-23(15-9-5-4-6-10-15)16(24)13-25-18-21-20-17(22(18)2)14-8-7-11-19-12-14/h7-8,11-12,15H,3-6,9-10,13H2,1-2H3. The molecular formula is C18H25N5OS. The van der Waals surface area contributed by atoms with E-state index in [1.54, 1.807) is 12.4 Å². The number of amides is 1. The van der Waals surface area contributed by atoms with Gasteiger partial charge in [-0.1, -0.05) is 31.0 Å². The highest BCUT2D eigenvalue weighted by Crippen LogP contribution is 2.25. The van der Waals surface area contributed by atoms with Crippen LogP contribution < -0.4 is 0 Å². The number of hydrogen-bond acceptors (Lipinski definition) is 5. The minimum Gasteiger partial charge on any atom is -0.339 e. The van der Waals surface area contributed by atoms with Gasteiger partial charge in [0.25, 0.3) is 0 Å². The van der Waals surface area contributed by atoms with Crippen LogP contribution >= 0.6 is 11.8 Å². The van der Waals surface area contributed by atoms with Gasteiger partial charge in [-0.05, 0) is 31.9 Å². The maximum atomic E-state index is 12.7. The summed E-state index contributed by atoms with van der Waals surface area (Å²) in [5.41, 5.74) is 0.924. The van der Waals surface area contributed by atoms with Crippen LogP contribution in [0.5, 0.6) is 0 Å². The Morgan fingerprint density at radius 1 is 1.32 bits per heavy atom. The zero-order valence-corrected chi connectivity index (χ0v) is 15.7. The van der Waals surface area contributed by atoms with Crippen LogP contribution in [0.3, 0.4) is 0 Å². The van der Waals surface area contributed by atoms with Gasteiger partial charge in [0.05, 0.1) is 5.75 Å². The molecule has 0 aromatic carbocycles. The second-order valence-corrected chi connectivity index (χ2v) is 7.31. The van der Waals surface area contributed by atoms with Crippen molar-refractivity contribution in [3.63, 3.8) is 0 Å². The van der Waals surface area contributed by atoms with Crippen LogP contribution in [0.2, 0.25) is 0 Å². The molecule has 3 rings (SSSR count). The van der Waals surface area contributed by atoms with E-state index in [9.17, 15) is 4.79 Å². The highest BCUT2D eigenvalue weighted by molar-refractivity contribution is 7.99. The van der Waals surface area contributed by atoms with Crippen molar-refractivity contribution in [3.05, 3.63) is 24.5 Å². The molecule has 0 bridgehead atoms. The van der Waals surface area contributed by atoms with Crippen LogP contribution in [0.4, 0.5) is 0 Å². The van der Waals surface area contributed by atoms with Crippen LogP contribution in [0.1, 0.15) is 39.0 Å². The van der Waals surface area contributed by atoms with E-state index in [4.69, 9.17) is 0 Å². The molecule has 2 heterocycles. The summed E-state index contributed by atoms with van der Waals surface area (Å²) in [6.45, 7) is 2.85. The van der Waals surface area contributed by atoms with Gasteiger partial charge in [-0.2, -0.15) is 0 Å². The first-order chi connectivity index (χ1) is 12.2. The first kappa shape index (κ1) is 17.9. The molecule has 0 spiro atoms. The first-order valence-corrected chi connectivity index (χ1v) is 9.91. The van der Waals surface area contributed by atoms with Crippen LogP contribution in [0, 0.1) is 0 Å². The molecule has 2 aromatic rings. The SMILES string of the molecule is CCN(C(=O)CSc1nnc(-c2cccnc2)n1C)C1CCCCC1. The summed E-state index contributed by atoms with van der Waals surface area (Å²) >= 11 is 1.46. The largest absolute Gasteiger partial charge is 0.339 e. The molecule has 0 aliphatic heterocycles. The highest BCUT2D eigenvalue weighted by Gasteiger charge is 2.24. The lowest BCUT2D eigenvalue weighted by atomic mass is 9.94. The van der Waals surface area contributed by atoms with Gasteiger partial charge in [-0.25, -0.2) is 0 Å². The van der Waals surface area contributed by atoms with E-state index >= 15 is 0 Å². The van der Waals surface area contributed by atoms with Gasteiger partial charge >= 0.3 is 0 Å². The fraction of sp³-hybridized carbons (Fsp3) is 0.556. The summed E-state index contributed by atoms with van der Waals surface area (Å²) in [5.74, 6) is 1.37. The molecule has 0 radical (unpaired) electrons. The molecule has 25 heavy (non-hydrogen) atoms. The lowest BCUT2D eigenvalue weighted by Crippen LogP contribution is -2.42. The van der Waals surface area contributed by atoms with Crippen molar-refractivity contribution in [3.8, 4) is 11.4 Å². The van der Waals surface area contributed by atoms with Crippen molar-refractivity contribution in [1.82, 2.24) is 24.6 Å². The van der Waals surface area contributed by atoms with E-state index in [1.807, 2.05) is 28.6 Å². The van der Waals surface area contributed by atoms with Crippen LogP contribution in [0.15, 0.2) is 29.7 Å². The van der Waals surface area contributed by atoms with Crippen molar-refractivity contribution in [1.29, 1.82) is 0 Å². The van der Waals surface area contributed by atoms with Crippen molar-refractivity contribution in [2.45, 2.75) is 50.2 Å². The summed E-state index contributed by atoms with van der Waals surface area (Å²) < 4.78 is 1.92. The smallest absolute Gasteiger partial charge is 0.233 e. The number of aromatic nitrogens is 4. The maximum absolute atomic E-state index is 12.7. The maximum Gasteiger partial charge on any atom is 0.233 e. The predicted molar refractivity (Wildman–Crippen MR) is 99.2 cm³/mol. The summed E-state index contributed by atoms with van der Waals surface area (Å²) in [7, 11) is 1.92. The zero-order valence-electron chi connectivity index (χ0n) is 14.9. The summed E-state index contributed by atoms with van der Waals surface area (Å²) in [4.78, 5) is 18.8. The second kappa shape index (κ2) is 8.47. The van der Waals surface area contributed by atoms with E-state index in [2.05, 4.69) is 22.1 Å². The van der Waals surface area contributed by atoms with Crippen LogP contribution in [-0.4, -0.2) is 48.9 Å². The molecule has 6 nitrogen and oxygen atoms in total. The number of rotatable bonds is 6. The van der Waals surface area contributed by atoms with E-state index in [0.29, 0.717) is 11.8 Å². The Kier molecular flexibility index (Phi) is 6.07.